The van der Waals surface area contributed by atoms with Crippen molar-refractivity contribution in [3.63, 3.8) is 0 Å². The zero-order valence-corrected chi connectivity index (χ0v) is 15.5. The number of hydrogen-bond donors (Lipinski definition) is 2. The first-order valence-electron chi connectivity index (χ1n) is 6.85. The van der Waals surface area contributed by atoms with Crippen LogP contribution < -0.4 is 15.8 Å². The van der Waals surface area contributed by atoms with Crippen molar-refractivity contribution in [2.45, 2.75) is 13.2 Å². The van der Waals surface area contributed by atoms with Gasteiger partial charge in [0.2, 0.25) is 5.88 Å². The fraction of sp³-hybridized carbons (Fsp3) is 0.250. The van der Waals surface area contributed by atoms with Crippen molar-refractivity contribution in [1.82, 2.24) is 4.98 Å². The van der Waals surface area contributed by atoms with E-state index in [1.54, 1.807) is 26.5 Å². The number of halogens is 1. The molecule has 0 radical (unpaired) electrons. The molecule has 23 heavy (non-hydrogen) atoms. The van der Waals surface area contributed by atoms with E-state index in [9.17, 15) is 0 Å². The van der Waals surface area contributed by atoms with Gasteiger partial charge in [-0.2, -0.15) is 0 Å². The first-order valence-corrected chi connectivity index (χ1v) is 6.85. The van der Waals surface area contributed by atoms with Crippen LogP contribution in [0.15, 0.2) is 47.6 Å². The summed E-state index contributed by atoms with van der Waals surface area (Å²) in [5.41, 5.74) is 8.79. The number of rotatable bonds is 6. The van der Waals surface area contributed by atoms with Crippen LogP contribution >= 0.6 is 24.0 Å². The maximum Gasteiger partial charge on any atom is 0.212 e. The maximum atomic E-state index is 5.93. The summed E-state index contributed by atoms with van der Waals surface area (Å²) >= 11 is 0. The highest BCUT2D eigenvalue weighted by Crippen LogP contribution is 2.15. The standard InChI is InChI=1S/C16H20N4O2.HI/c1-21-11-13-5-3-4-6-14(13)20-16(17)19-10-12-7-8-15(22-2)18-9-12;/h3-9H,10-11H2,1-2H3,(H3,17,19,20);1H. The Kier molecular flexibility index (Phi) is 8.35. The number of nitrogens with two attached hydrogens (primary N) is 1. The summed E-state index contributed by atoms with van der Waals surface area (Å²) in [6.07, 6.45) is 1.72. The van der Waals surface area contributed by atoms with Crippen molar-refractivity contribution in [3.05, 3.63) is 53.7 Å². The summed E-state index contributed by atoms with van der Waals surface area (Å²) < 4.78 is 10.2. The number of pyridine rings is 1. The number of ether oxygens (including phenoxy) is 2. The molecule has 2 aromatic rings. The van der Waals surface area contributed by atoms with Gasteiger partial charge in [-0.3, -0.25) is 0 Å². The molecule has 0 amide bonds. The summed E-state index contributed by atoms with van der Waals surface area (Å²) in [6.45, 7) is 0.959. The third-order valence-corrected chi connectivity index (χ3v) is 3.02. The number of anilines is 1. The molecule has 0 spiro atoms. The predicted molar refractivity (Wildman–Crippen MR) is 102 cm³/mol. The van der Waals surface area contributed by atoms with Crippen molar-refractivity contribution in [2.75, 3.05) is 19.5 Å². The Balaban J connectivity index is 0.00000264. The topological polar surface area (TPSA) is 81.8 Å². The molecule has 0 saturated carbocycles. The van der Waals surface area contributed by atoms with E-state index >= 15 is 0 Å². The number of nitrogens with one attached hydrogen (secondary N) is 1. The molecule has 0 aliphatic heterocycles. The van der Waals surface area contributed by atoms with E-state index in [0.717, 1.165) is 16.8 Å². The molecule has 1 aromatic carbocycles. The third-order valence-electron chi connectivity index (χ3n) is 3.02. The summed E-state index contributed by atoms with van der Waals surface area (Å²) in [4.78, 5) is 8.44. The molecule has 0 fully saturated rings. The molecule has 2 rings (SSSR count). The van der Waals surface area contributed by atoms with Crippen LogP contribution in [0.1, 0.15) is 11.1 Å². The van der Waals surface area contributed by atoms with Gasteiger partial charge >= 0.3 is 0 Å². The van der Waals surface area contributed by atoms with Gasteiger partial charge in [0, 0.05) is 30.6 Å². The monoisotopic (exact) mass is 428 g/mol. The summed E-state index contributed by atoms with van der Waals surface area (Å²) in [5.74, 6) is 0.923. The van der Waals surface area contributed by atoms with Crippen molar-refractivity contribution < 1.29 is 9.47 Å². The molecule has 1 aromatic heterocycles. The van der Waals surface area contributed by atoms with Crippen LogP contribution in [0.3, 0.4) is 0 Å². The van der Waals surface area contributed by atoms with E-state index < -0.39 is 0 Å². The van der Waals surface area contributed by atoms with Crippen LogP contribution in [-0.2, 0) is 17.9 Å². The van der Waals surface area contributed by atoms with E-state index in [2.05, 4.69) is 15.3 Å². The number of aromatic nitrogens is 1. The van der Waals surface area contributed by atoms with Crippen molar-refractivity contribution >= 4 is 35.6 Å². The largest absolute Gasteiger partial charge is 0.481 e. The number of para-hydroxylation sites is 1. The van der Waals surface area contributed by atoms with Gasteiger partial charge in [0.25, 0.3) is 0 Å². The van der Waals surface area contributed by atoms with Crippen LogP contribution in [-0.4, -0.2) is 25.2 Å². The molecule has 0 aliphatic carbocycles. The maximum absolute atomic E-state index is 5.93. The average Bonchev–Trinajstić information content (AvgIpc) is 2.55. The Morgan fingerprint density at radius 1 is 1.22 bits per heavy atom. The first kappa shape index (κ1) is 19.2. The molecule has 1 heterocycles. The third kappa shape index (κ3) is 6.03. The quantitative estimate of drug-likeness (QED) is 0.420. The molecule has 124 valence electrons. The number of methoxy groups -OCH3 is 2. The molecule has 6 nitrogen and oxygen atoms in total. The second-order valence-electron chi connectivity index (χ2n) is 4.63. The van der Waals surface area contributed by atoms with Crippen molar-refractivity contribution in [1.29, 1.82) is 0 Å². The van der Waals surface area contributed by atoms with Gasteiger partial charge in [0.1, 0.15) is 0 Å². The van der Waals surface area contributed by atoms with Crippen LogP contribution in [0.5, 0.6) is 5.88 Å². The summed E-state index contributed by atoms with van der Waals surface area (Å²) in [6, 6.07) is 11.5. The van der Waals surface area contributed by atoms with Gasteiger partial charge in [-0.05, 0) is 11.6 Å². The zero-order valence-electron chi connectivity index (χ0n) is 13.2. The minimum atomic E-state index is 0. The van der Waals surface area contributed by atoms with E-state index in [0.29, 0.717) is 25.0 Å². The first-order chi connectivity index (χ1) is 10.7. The lowest BCUT2D eigenvalue weighted by Crippen LogP contribution is -2.23. The molecule has 0 saturated heterocycles. The highest BCUT2D eigenvalue weighted by molar-refractivity contribution is 14.0. The molecule has 7 heteroatoms. The number of benzene rings is 1. The molecule has 0 atom stereocenters. The minimum absolute atomic E-state index is 0. The lowest BCUT2D eigenvalue weighted by molar-refractivity contribution is 0.185. The molecule has 0 unspecified atom stereocenters. The summed E-state index contributed by atoms with van der Waals surface area (Å²) in [7, 11) is 3.24. The zero-order chi connectivity index (χ0) is 15.8. The van der Waals surface area contributed by atoms with E-state index in [1.807, 2.05) is 30.3 Å². The molecular formula is C16H21IN4O2. The number of aliphatic imine (C=N–C) groups is 1. The van der Waals surface area contributed by atoms with Gasteiger partial charge in [-0.15, -0.1) is 24.0 Å². The van der Waals surface area contributed by atoms with E-state index in [-0.39, 0.29) is 24.0 Å². The Morgan fingerprint density at radius 3 is 2.65 bits per heavy atom. The van der Waals surface area contributed by atoms with Crippen molar-refractivity contribution in [3.8, 4) is 5.88 Å². The van der Waals surface area contributed by atoms with Gasteiger partial charge in [0.05, 0.1) is 20.3 Å². The minimum Gasteiger partial charge on any atom is -0.481 e. The van der Waals surface area contributed by atoms with E-state index in [1.165, 1.54) is 0 Å². The number of nitrogens with zero attached hydrogens (tertiary/aromatic N) is 2. The molecular weight excluding hydrogens is 407 g/mol. The Labute approximate surface area is 153 Å². The van der Waals surface area contributed by atoms with Crippen molar-refractivity contribution in [2.24, 2.45) is 10.7 Å². The molecule has 3 N–H and O–H groups in total. The molecule has 0 bridgehead atoms. The lowest BCUT2D eigenvalue weighted by atomic mass is 10.2. The normalized spacial score (nSPS) is 10.8. The Morgan fingerprint density at radius 2 is 2.00 bits per heavy atom. The van der Waals surface area contributed by atoms with Gasteiger partial charge < -0.3 is 20.5 Å². The van der Waals surface area contributed by atoms with Crippen LogP contribution in [0.2, 0.25) is 0 Å². The number of guanidine groups is 1. The number of hydrogen-bond acceptors (Lipinski definition) is 4. The van der Waals surface area contributed by atoms with Crippen LogP contribution in [0.25, 0.3) is 0 Å². The lowest BCUT2D eigenvalue weighted by Gasteiger charge is -2.10. The Bertz CT molecular complexity index is 632. The van der Waals surface area contributed by atoms with Crippen LogP contribution in [0.4, 0.5) is 5.69 Å². The van der Waals surface area contributed by atoms with Gasteiger partial charge in [0.15, 0.2) is 5.96 Å². The highest BCUT2D eigenvalue weighted by atomic mass is 127. The Hall–Kier alpha value is -1.87. The summed E-state index contributed by atoms with van der Waals surface area (Å²) in [5, 5.41) is 3.09. The SMILES string of the molecule is COCc1ccccc1NC(N)=NCc1ccc(OC)nc1.I. The fourth-order valence-corrected chi connectivity index (χ4v) is 1.90. The predicted octanol–water partition coefficient (Wildman–Crippen LogP) is 2.78. The highest BCUT2D eigenvalue weighted by Gasteiger charge is 2.02. The average molecular weight is 428 g/mol. The second-order valence-corrected chi connectivity index (χ2v) is 4.63. The molecule has 0 aliphatic rings. The fourth-order valence-electron chi connectivity index (χ4n) is 1.90. The van der Waals surface area contributed by atoms with Gasteiger partial charge in [-0.25, -0.2) is 9.98 Å². The smallest absolute Gasteiger partial charge is 0.212 e. The second kappa shape index (κ2) is 10.0. The van der Waals surface area contributed by atoms with E-state index in [4.69, 9.17) is 15.2 Å². The van der Waals surface area contributed by atoms with Gasteiger partial charge in [-0.1, -0.05) is 24.3 Å². The van der Waals surface area contributed by atoms with Crippen LogP contribution in [0, 0.1) is 0 Å².